The van der Waals surface area contributed by atoms with Crippen LogP contribution in [0.2, 0.25) is 0 Å². The van der Waals surface area contributed by atoms with Crippen LogP contribution in [0.5, 0.6) is 0 Å². The molecule has 0 aliphatic carbocycles. The molecule has 0 atom stereocenters. The van der Waals surface area contributed by atoms with Crippen LogP contribution in [-0.4, -0.2) is 47.1 Å². The van der Waals surface area contributed by atoms with Crippen LogP contribution in [0.4, 0.5) is 0 Å². The molecule has 0 radical (unpaired) electrons. The lowest BCUT2D eigenvalue weighted by atomic mass is 10.1. The minimum atomic E-state index is -0.582. The number of rotatable bonds is 8. The quantitative estimate of drug-likeness (QED) is 0.456. The molecule has 30 heavy (non-hydrogen) atoms. The molecule has 1 heterocycles. The van der Waals surface area contributed by atoms with Gasteiger partial charge in [0.25, 0.3) is 5.91 Å². The van der Waals surface area contributed by atoms with Crippen LogP contribution in [-0.2, 0) is 13.1 Å². The lowest BCUT2D eigenvalue weighted by molar-refractivity contribution is 0.0951. The zero-order valence-electron chi connectivity index (χ0n) is 17.3. The van der Waals surface area contributed by atoms with Crippen molar-refractivity contribution in [3.05, 3.63) is 93.0 Å². The smallest absolute Gasteiger partial charge is 0.317 e. The van der Waals surface area contributed by atoms with Crippen molar-refractivity contribution in [2.75, 3.05) is 27.2 Å². The number of likely N-dealkylation sites (N-methyl/N-ethyl adjacent to an activating group) is 1. The summed E-state index contributed by atoms with van der Waals surface area (Å²) in [7, 11) is 3.89. The highest BCUT2D eigenvalue weighted by Gasteiger charge is 2.13. The zero-order chi connectivity index (χ0) is 21.7. The summed E-state index contributed by atoms with van der Waals surface area (Å²) in [4.78, 5) is 39.6. The van der Waals surface area contributed by atoms with E-state index in [0.717, 1.165) is 12.1 Å². The number of hydrogen-bond donors (Lipinski definition) is 1. The van der Waals surface area contributed by atoms with Gasteiger partial charge in [-0.05, 0) is 43.9 Å². The fourth-order valence-corrected chi connectivity index (χ4v) is 3.28. The first-order valence-electron chi connectivity index (χ1n) is 9.77. The average molecular weight is 406 g/mol. The Labute approximate surface area is 174 Å². The number of para-hydroxylation sites is 2. The first-order valence-corrected chi connectivity index (χ1v) is 9.77. The van der Waals surface area contributed by atoms with Crippen LogP contribution in [0, 0.1) is 0 Å². The van der Waals surface area contributed by atoms with E-state index in [2.05, 4.69) is 11.9 Å². The van der Waals surface area contributed by atoms with E-state index in [-0.39, 0.29) is 19.0 Å². The van der Waals surface area contributed by atoms with Gasteiger partial charge in [0, 0.05) is 25.2 Å². The number of carbonyl (C=O) groups is 1. The van der Waals surface area contributed by atoms with Gasteiger partial charge < -0.3 is 10.2 Å². The largest absolute Gasteiger partial charge is 0.351 e. The number of nitrogens with zero attached hydrogens (tertiary/aromatic N) is 3. The molecule has 7 heteroatoms. The second-order valence-corrected chi connectivity index (χ2v) is 7.34. The summed E-state index contributed by atoms with van der Waals surface area (Å²) in [5.74, 6) is -0.141. The van der Waals surface area contributed by atoms with E-state index in [9.17, 15) is 14.4 Å². The topological polar surface area (TPSA) is 76.3 Å². The normalized spacial score (nSPS) is 11.0. The second-order valence-electron chi connectivity index (χ2n) is 7.34. The number of carbonyl (C=O) groups excluding carboxylic acids is 1. The standard InChI is InChI=1S/C23H26N4O3/c1-4-14-26-19-7-5-6-8-20(19)27(23(30)22(26)29)16-17-9-11-18(12-10-17)21(28)24-13-15-25(2)3/h4-12H,1,13-16H2,2-3H3,(H,24,28). The molecule has 3 rings (SSSR count). The Balaban J connectivity index is 1.88. The van der Waals surface area contributed by atoms with Gasteiger partial charge in [0.05, 0.1) is 17.6 Å². The van der Waals surface area contributed by atoms with E-state index >= 15 is 0 Å². The van der Waals surface area contributed by atoms with Crippen LogP contribution >= 0.6 is 0 Å². The molecule has 0 fully saturated rings. The summed E-state index contributed by atoms with van der Waals surface area (Å²) in [5, 5.41) is 2.87. The molecule has 0 aliphatic heterocycles. The predicted molar refractivity (Wildman–Crippen MR) is 119 cm³/mol. The van der Waals surface area contributed by atoms with Crippen LogP contribution in [0.25, 0.3) is 11.0 Å². The summed E-state index contributed by atoms with van der Waals surface area (Å²) in [5.41, 5.74) is 1.57. The van der Waals surface area contributed by atoms with Crippen molar-refractivity contribution in [2.24, 2.45) is 0 Å². The number of fused-ring (bicyclic) bond motifs is 1. The van der Waals surface area contributed by atoms with Crippen LogP contribution in [0.1, 0.15) is 15.9 Å². The molecule has 156 valence electrons. The molecule has 0 spiro atoms. The van der Waals surface area contributed by atoms with Gasteiger partial charge in [0.15, 0.2) is 0 Å². The van der Waals surface area contributed by atoms with E-state index < -0.39 is 11.1 Å². The third-order valence-electron chi connectivity index (χ3n) is 4.85. The fraction of sp³-hybridized carbons (Fsp3) is 0.261. The highest BCUT2D eigenvalue weighted by Crippen LogP contribution is 2.13. The summed E-state index contributed by atoms with van der Waals surface area (Å²) >= 11 is 0. The van der Waals surface area contributed by atoms with Crippen LogP contribution < -0.4 is 16.4 Å². The van der Waals surface area contributed by atoms with Gasteiger partial charge in [0.2, 0.25) is 0 Å². The summed E-state index contributed by atoms with van der Waals surface area (Å²) in [6.07, 6.45) is 1.60. The van der Waals surface area contributed by atoms with Gasteiger partial charge in [-0.3, -0.25) is 23.5 Å². The van der Waals surface area contributed by atoms with Gasteiger partial charge in [-0.25, -0.2) is 0 Å². The number of aromatic nitrogens is 2. The minimum Gasteiger partial charge on any atom is -0.351 e. The van der Waals surface area contributed by atoms with E-state index in [1.54, 1.807) is 30.3 Å². The number of amides is 1. The Morgan fingerprint density at radius 1 is 1.00 bits per heavy atom. The zero-order valence-corrected chi connectivity index (χ0v) is 17.3. The van der Waals surface area contributed by atoms with E-state index in [4.69, 9.17) is 0 Å². The molecule has 0 aliphatic rings. The number of allylic oxidation sites excluding steroid dienone is 1. The number of benzene rings is 2. The van der Waals surface area contributed by atoms with E-state index in [1.165, 1.54) is 9.13 Å². The third-order valence-corrected chi connectivity index (χ3v) is 4.85. The third kappa shape index (κ3) is 4.58. The second kappa shape index (κ2) is 9.37. The van der Waals surface area contributed by atoms with Crippen molar-refractivity contribution >= 4 is 16.9 Å². The molecule has 1 amide bonds. The maximum Gasteiger partial charge on any atom is 0.317 e. The molecule has 0 saturated carbocycles. The molecule has 3 aromatic rings. The van der Waals surface area contributed by atoms with Crippen molar-refractivity contribution in [1.82, 2.24) is 19.4 Å². The molecule has 2 aromatic carbocycles. The average Bonchev–Trinajstić information content (AvgIpc) is 2.74. The molecule has 0 unspecified atom stereocenters. The maximum atomic E-state index is 12.8. The lowest BCUT2D eigenvalue weighted by Crippen LogP contribution is -2.41. The lowest BCUT2D eigenvalue weighted by Gasteiger charge is -2.14. The van der Waals surface area contributed by atoms with Gasteiger partial charge >= 0.3 is 11.1 Å². The first-order chi connectivity index (χ1) is 14.4. The predicted octanol–water partition coefficient (Wildman–Crippen LogP) is 1.69. The number of nitrogens with one attached hydrogen (secondary N) is 1. The van der Waals surface area contributed by atoms with Crippen molar-refractivity contribution in [3.63, 3.8) is 0 Å². The van der Waals surface area contributed by atoms with Crippen molar-refractivity contribution < 1.29 is 4.79 Å². The first kappa shape index (κ1) is 21.3. The monoisotopic (exact) mass is 406 g/mol. The Morgan fingerprint density at radius 2 is 1.60 bits per heavy atom. The van der Waals surface area contributed by atoms with E-state index in [0.29, 0.717) is 23.1 Å². The molecule has 0 bridgehead atoms. The highest BCUT2D eigenvalue weighted by atomic mass is 16.2. The number of hydrogen-bond acceptors (Lipinski definition) is 4. The molecule has 1 aromatic heterocycles. The van der Waals surface area contributed by atoms with Gasteiger partial charge in [0.1, 0.15) is 0 Å². The van der Waals surface area contributed by atoms with Gasteiger partial charge in [-0.2, -0.15) is 0 Å². The molecule has 0 saturated heterocycles. The SMILES string of the molecule is C=CCn1c(=O)c(=O)n(Cc2ccc(C(=O)NCCN(C)C)cc2)c2ccccc21. The molecular formula is C23H26N4O3. The Kier molecular flexibility index (Phi) is 6.64. The molecule has 1 N–H and O–H groups in total. The summed E-state index contributed by atoms with van der Waals surface area (Å²) < 4.78 is 2.91. The van der Waals surface area contributed by atoms with Gasteiger partial charge in [-0.15, -0.1) is 6.58 Å². The minimum absolute atomic E-state index is 0.141. The van der Waals surface area contributed by atoms with Crippen molar-refractivity contribution in [1.29, 1.82) is 0 Å². The fourth-order valence-electron chi connectivity index (χ4n) is 3.28. The highest BCUT2D eigenvalue weighted by molar-refractivity contribution is 5.94. The molecule has 7 nitrogen and oxygen atoms in total. The Morgan fingerprint density at radius 3 is 2.20 bits per heavy atom. The summed E-state index contributed by atoms with van der Waals surface area (Å²) in [6.45, 7) is 5.51. The molecular weight excluding hydrogens is 380 g/mol. The van der Waals surface area contributed by atoms with Crippen molar-refractivity contribution in [3.8, 4) is 0 Å². The van der Waals surface area contributed by atoms with Crippen LogP contribution in [0.3, 0.4) is 0 Å². The summed E-state index contributed by atoms with van der Waals surface area (Å²) in [6, 6.07) is 14.4. The van der Waals surface area contributed by atoms with E-state index in [1.807, 2.05) is 43.3 Å². The maximum absolute atomic E-state index is 12.8. The Bertz CT molecular complexity index is 1170. The Hall–Kier alpha value is -3.45. The van der Waals surface area contributed by atoms with Gasteiger partial charge in [-0.1, -0.05) is 30.3 Å². The van der Waals surface area contributed by atoms with Crippen LogP contribution in [0.15, 0.2) is 70.8 Å². The van der Waals surface area contributed by atoms with Crippen molar-refractivity contribution in [2.45, 2.75) is 13.1 Å².